The monoisotopic (exact) mass is 403 g/mol. The van der Waals surface area contributed by atoms with Gasteiger partial charge < -0.3 is 10.3 Å². The Labute approximate surface area is 160 Å². The number of aryl methyl sites for hydroxylation is 1. The molecule has 9 heteroatoms. The molecule has 3 aromatic rings. The molecule has 1 aromatic heterocycles. The molecule has 0 atom stereocenters. The molecule has 0 bridgehead atoms. The molecule has 0 fully saturated rings. The summed E-state index contributed by atoms with van der Waals surface area (Å²) in [5.74, 6) is -1.62. The molecule has 0 saturated heterocycles. The highest BCUT2D eigenvalue weighted by molar-refractivity contribution is 7.89. The lowest BCUT2D eigenvalue weighted by molar-refractivity contribution is 0.102. The van der Waals surface area contributed by atoms with E-state index >= 15 is 0 Å². The van der Waals surface area contributed by atoms with Gasteiger partial charge in [-0.2, -0.15) is 0 Å². The minimum absolute atomic E-state index is 0.184. The van der Waals surface area contributed by atoms with E-state index in [4.69, 9.17) is 0 Å². The van der Waals surface area contributed by atoms with Gasteiger partial charge in [-0.05, 0) is 48.9 Å². The van der Waals surface area contributed by atoms with Gasteiger partial charge in [0.25, 0.3) is 5.91 Å². The summed E-state index contributed by atoms with van der Waals surface area (Å²) in [5, 5.41) is 3.29. The third-order valence-corrected chi connectivity index (χ3v) is 6.08. The first-order valence-electron chi connectivity index (χ1n) is 8.27. The van der Waals surface area contributed by atoms with Gasteiger partial charge in [-0.1, -0.05) is 0 Å². The number of anilines is 1. The molecule has 0 spiro atoms. The predicted molar refractivity (Wildman–Crippen MR) is 105 cm³/mol. The summed E-state index contributed by atoms with van der Waals surface area (Å²) in [6, 6.07) is 9.33. The molecular formula is C19H18FN3O4S. The number of nitrogens with zero attached hydrogens (tertiary/aromatic N) is 1. The maximum atomic E-state index is 14.2. The van der Waals surface area contributed by atoms with Crippen LogP contribution in [0.5, 0.6) is 0 Å². The van der Waals surface area contributed by atoms with Gasteiger partial charge in [-0.3, -0.25) is 9.59 Å². The lowest BCUT2D eigenvalue weighted by Gasteiger charge is -2.13. The largest absolute Gasteiger partial charge is 0.322 e. The Balaban J connectivity index is 1.97. The highest BCUT2D eigenvalue weighted by atomic mass is 32.2. The van der Waals surface area contributed by atoms with Crippen molar-refractivity contribution in [3.8, 4) is 0 Å². The predicted octanol–water partition coefficient (Wildman–Crippen LogP) is 2.48. The minimum Gasteiger partial charge on any atom is -0.322 e. The Bertz CT molecular complexity index is 1250. The van der Waals surface area contributed by atoms with Crippen LogP contribution in [0, 0.1) is 12.7 Å². The van der Waals surface area contributed by atoms with Crippen LogP contribution in [0.1, 0.15) is 15.9 Å². The van der Waals surface area contributed by atoms with E-state index in [1.165, 1.54) is 20.2 Å². The van der Waals surface area contributed by atoms with Gasteiger partial charge in [0.05, 0.1) is 10.5 Å². The number of hydrogen-bond acceptors (Lipinski definition) is 4. The molecule has 0 unspecified atom stereocenters. The van der Waals surface area contributed by atoms with Gasteiger partial charge in [0, 0.05) is 36.8 Å². The molecule has 28 heavy (non-hydrogen) atoms. The van der Waals surface area contributed by atoms with Crippen LogP contribution in [0.2, 0.25) is 0 Å². The Kier molecular flexibility index (Phi) is 5.05. The van der Waals surface area contributed by atoms with E-state index in [1.807, 2.05) is 0 Å². The first-order valence-corrected chi connectivity index (χ1v) is 9.71. The second-order valence-electron chi connectivity index (χ2n) is 6.46. The smallest absolute Gasteiger partial charge is 0.258 e. The van der Waals surface area contributed by atoms with Crippen LogP contribution < -0.4 is 10.9 Å². The third-order valence-electron chi connectivity index (χ3n) is 4.27. The summed E-state index contributed by atoms with van der Waals surface area (Å²) in [6.07, 6.45) is 0. The molecule has 146 valence electrons. The fourth-order valence-electron chi connectivity index (χ4n) is 2.75. The lowest BCUT2D eigenvalue weighted by Crippen LogP contribution is -2.23. The normalized spacial score (nSPS) is 11.8. The number of amides is 1. The Morgan fingerprint density at radius 1 is 1.11 bits per heavy atom. The number of fused-ring (bicyclic) bond motifs is 1. The molecule has 3 rings (SSSR count). The van der Waals surface area contributed by atoms with Crippen molar-refractivity contribution in [1.82, 2.24) is 9.29 Å². The molecule has 1 heterocycles. The molecule has 1 amide bonds. The molecule has 2 aromatic carbocycles. The first kappa shape index (κ1) is 19.7. The van der Waals surface area contributed by atoms with E-state index < -0.39 is 21.7 Å². The van der Waals surface area contributed by atoms with Crippen LogP contribution in [0.3, 0.4) is 0 Å². The average Bonchev–Trinajstić information content (AvgIpc) is 2.62. The number of sulfonamides is 1. The van der Waals surface area contributed by atoms with Crippen molar-refractivity contribution in [2.24, 2.45) is 0 Å². The van der Waals surface area contributed by atoms with Gasteiger partial charge in [-0.25, -0.2) is 17.1 Å². The Morgan fingerprint density at radius 3 is 2.50 bits per heavy atom. The van der Waals surface area contributed by atoms with E-state index in [1.54, 1.807) is 25.1 Å². The maximum absolute atomic E-state index is 14.2. The highest BCUT2D eigenvalue weighted by Gasteiger charge is 2.21. The standard InChI is InChI=1S/C19H18FN3O4S/c1-11-8-18(24)22-17-7-4-12(9-14(11)17)21-19(25)15-10-13(5-6-16(15)20)28(26,27)23(2)3/h4-10H,1-3H3,(H,21,25)(H,22,24). The van der Waals surface area contributed by atoms with Crippen molar-refractivity contribution in [3.63, 3.8) is 0 Å². The second kappa shape index (κ2) is 7.17. The van der Waals surface area contributed by atoms with Gasteiger partial charge in [-0.15, -0.1) is 0 Å². The van der Waals surface area contributed by atoms with E-state index in [0.717, 1.165) is 33.5 Å². The SMILES string of the molecule is Cc1cc(=O)[nH]c2ccc(NC(=O)c3cc(S(=O)(=O)N(C)C)ccc3F)cc12. The first-order chi connectivity index (χ1) is 13.1. The Hall–Kier alpha value is -3.04. The number of nitrogens with one attached hydrogen (secondary N) is 2. The Morgan fingerprint density at radius 2 is 1.82 bits per heavy atom. The van der Waals surface area contributed by atoms with Crippen molar-refractivity contribution in [3.05, 3.63) is 69.8 Å². The number of benzene rings is 2. The minimum atomic E-state index is -3.81. The van der Waals surface area contributed by atoms with Crippen LogP contribution in [0.25, 0.3) is 10.9 Å². The number of pyridine rings is 1. The summed E-state index contributed by atoms with van der Waals surface area (Å²) in [5.41, 5.74) is 1.09. The zero-order valence-corrected chi connectivity index (χ0v) is 16.2. The van der Waals surface area contributed by atoms with Gasteiger partial charge >= 0.3 is 0 Å². The zero-order valence-electron chi connectivity index (χ0n) is 15.4. The third kappa shape index (κ3) is 3.67. The lowest BCUT2D eigenvalue weighted by atomic mass is 10.1. The summed E-state index contributed by atoms with van der Waals surface area (Å²) >= 11 is 0. The van der Waals surface area contributed by atoms with Crippen LogP contribution in [0.4, 0.5) is 10.1 Å². The van der Waals surface area contributed by atoms with Crippen molar-refractivity contribution in [1.29, 1.82) is 0 Å². The summed E-state index contributed by atoms with van der Waals surface area (Å²) in [6.45, 7) is 1.76. The summed E-state index contributed by atoms with van der Waals surface area (Å²) < 4.78 is 39.6. The van der Waals surface area contributed by atoms with Crippen LogP contribution in [-0.4, -0.2) is 37.7 Å². The van der Waals surface area contributed by atoms with Gasteiger partial charge in [0.1, 0.15) is 5.82 Å². The summed E-state index contributed by atoms with van der Waals surface area (Å²) in [4.78, 5) is 26.6. The molecule has 2 N–H and O–H groups in total. The van der Waals surface area contributed by atoms with E-state index in [-0.39, 0.29) is 16.0 Å². The molecule has 0 aliphatic heterocycles. The molecule has 0 radical (unpaired) electrons. The number of H-pyrrole nitrogens is 1. The molecule has 0 aliphatic carbocycles. The van der Waals surface area contributed by atoms with Crippen LogP contribution >= 0.6 is 0 Å². The van der Waals surface area contributed by atoms with E-state index in [2.05, 4.69) is 10.3 Å². The molecule has 0 aliphatic rings. The number of halogens is 1. The van der Waals surface area contributed by atoms with Crippen molar-refractivity contribution in [2.45, 2.75) is 11.8 Å². The highest BCUT2D eigenvalue weighted by Crippen LogP contribution is 2.22. The fraction of sp³-hybridized carbons (Fsp3) is 0.158. The molecular weight excluding hydrogens is 385 g/mol. The maximum Gasteiger partial charge on any atom is 0.258 e. The van der Waals surface area contributed by atoms with Gasteiger partial charge in [0.15, 0.2) is 0 Å². The number of aromatic nitrogens is 1. The van der Waals surface area contributed by atoms with Crippen molar-refractivity contribution < 1.29 is 17.6 Å². The molecule has 0 saturated carbocycles. The number of aromatic amines is 1. The van der Waals surface area contributed by atoms with E-state index in [9.17, 15) is 22.4 Å². The summed E-state index contributed by atoms with van der Waals surface area (Å²) in [7, 11) is -1.11. The number of carbonyl (C=O) groups is 1. The van der Waals surface area contributed by atoms with Crippen LogP contribution in [0.15, 0.2) is 52.2 Å². The van der Waals surface area contributed by atoms with Gasteiger partial charge in [0.2, 0.25) is 15.6 Å². The van der Waals surface area contributed by atoms with E-state index in [0.29, 0.717) is 11.2 Å². The molecule has 7 nitrogen and oxygen atoms in total. The fourth-order valence-corrected chi connectivity index (χ4v) is 3.68. The average molecular weight is 403 g/mol. The van der Waals surface area contributed by atoms with Crippen molar-refractivity contribution >= 4 is 32.5 Å². The zero-order chi connectivity index (χ0) is 20.6. The number of rotatable bonds is 4. The van der Waals surface area contributed by atoms with Crippen molar-refractivity contribution in [2.75, 3.05) is 19.4 Å². The number of hydrogen-bond donors (Lipinski definition) is 2. The quantitative estimate of drug-likeness (QED) is 0.699. The second-order valence-corrected chi connectivity index (χ2v) is 8.61. The van der Waals surface area contributed by atoms with Crippen LogP contribution in [-0.2, 0) is 10.0 Å². The topological polar surface area (TPSA) is 99.3 Å². The number of carbonyl (C=O) groups excluding carboxylic acids is 1.